The fraction of sp³-hybridized carbons (Fsp3) is 0.167. The zero-order valence-corrected chi connectivity index (χ0v) is 12.3. The minimum atomic E-state index is -0.584. The van der Waals surface area contributed by atoms with Crippen molar-refractivity contribution in [2.75, 3.05) is 5.32 Å². The van der Waals surface area contributed by atoms with E-state index >= 15 is 0 Å². The summed E-state index contributed by atoms with van der Waals surface area (Å²) in [6.07, 6.45) is 1.52. The van der Waals surface area contributed by atoms with E-state index in [1.165, 1.54) is 23.0 Å². The third kappa shape index (κ3) is 2.96. The van der Waals surface area contributed by atoms with Gasteiger partial charge in [0.25, 0.3) is 5.91 Å². The Morgan fingerprint density at radius 3 is 2.95 bits per heavy atom. The maximum Gasteiger partial charge on any atom is 0.275 e. The largest absolute Gasteiger partial charge is 0.318 e. The lowest BCUT2D eigenvalue weighted by molar-refractivity contribution is 0.101. The molecule has 0 unspecified atom stereocenters. The van der Waals surface area contributed by atoms with Gasteiger partial charge < -0.3 is 5.32 Å². The lowest BCUT2D eigenvalue weighted by atomic mass is 10.3. The van der Waals surface area contributed by atoms with Gasteiger partial charge in [0, 0.05) is 11.6 Å². The second-order valence-electron chi connectivity index (χ2n) is 3.74. The Labute approximate surface area is 122 Å². The van der Waals surface area contributed by atoms with E-state index in [9.17, 15) is 9.18 Å². The van der Waals surface area contributed by atoms with Crippen molar-refractivity contribution in [3.05, 3.63) is 45.4 Å². The lowest BCUT2D eigenvalue weighted by Gasteiger charge is -2.08. The third-order valence-electron chi connectivity index (χ3n) is 2.49. The minimum Gasteiger partial charge on any atom is -0.318 e. The molecule has 0 aliphatic rings. The van der Waals surface area contributed by atoms with Gasteiger partial charge in [0.05, 0.1) is 16.4 Å². The van der Waals surface area contributed by atoms with Gasteiger partial charge in [-0.15, -0.1) is 0 Å². The molecule has 0 spiro atoms. The van der Waals surface area contributed by atoms with E-state index in [2.05, 4.69) is 26.3 Å². The highest BCUT2D eigenvalue weighted by Gasteiger charge is 2.17. The van der Waals surface area contributed by atoms with Gasteiger partial charge in [-0.05, 0) is 41.1 Å². The summed E-state index contributed by atoms with van der Waals surface area (Å²) in [4.78, 5) is 12.1. The first-order valence-electron chi connectivity index (χ1n) is 5.50. The molecule has 0 radical (unpaired) electrons. The molecule has 1 aromatic carbocycles. The molecular weight excluding hydrogens is 337 g/mol. The summed E-state index contributed by atoms with van der Waals surface area (Å²) in [7, 11) is 0. The zero-order chi connectivity index (χ0) is 14.0. The van der Waals surface area contributed by atoms with E-state index in [1.54, 1.807) is 0 Å². The van der Waals surface area contributed by atoms with Crippen LogP contribution in [-0.4, -0.2) is 15.7 Å². The molecule has 0 aliphatic carbocycles. The molecule has 19 heavy (non-hydrogen) atoms. The summed E-state index contributed by atoms with van der Waals surface area (Å²) in [6, 6.07) is 4.06. The van der Waals surface area contributed by atoms with E-state index in [4.69, 9.17) is 11.6 Å². The highest BCUT2D eigenvalue weighted by molar-refractivity contribution is 9.10. The third-order valence-corrected chi connectivity index (χ3v) is 3.30. The van der Waals surface area contributed by atoms with Crippen molar-refractivity contribution in [3.8, 4) is 0 Å². The van der Waals surface area contributed by atoms with Crippen molar-refractivity contribution in [2.24, 2.45) is 0 Å². The molecule has 2 rings (SSSR count). The van der Waals surface area contributed by atoms with Crippen LogP contribution in [0.2, 0.25) is 5.02 Å². The van der Waals surface area contributed by atoms with Gasteiger partial charge in [0.15, 0.2) is 0 Å². The van der Waals surface area contributed by atoms with Gasteiger partial charge >= 0.3 is 0 Å². The number of nitrogens with one attached hydrogen (secondary N) is 1. The highest BCUT2D eigenvalue weighted by Crippen LogP contribution is 2.21. The van der Waals surface area contributed by atoms with Gasteiger partial charge in [-0.2, -0.15) is 5.10 Å². The number of amides is 1. The summed E-state index contributed by atoms with van der Waals surface area (Å²) >= 11 is 8.89. The van der Waals surface area contributed by atoms with E-state index in [0.717, 1.165) is 6.07 Å². The van der Waals surface area contributed by atoms with Crippen LogP contribution in [0.3, 0.4) is 0 Å². The number of hydrogen-bond acceptors (Lipinski definition) is 2. The van der Waals surface area contributed by atoms with Crippen molar-refractivity contribution >= 4 is 39.1 Å². The van der Waals surface area contributed by atoms with E-state index in [0.29, 0.717) is 16.7 Å². The second-order valence-corrected chi connectivity index (χ2v) is 5.03. The molecule has 0 aliphatic heterocycles. The Kier molecular flexibility index (Phi) is 4.21. The monoisotopic (exact) mass is 345 g/mol. The predicted octanol–water partition coefficient (Wildman–Crippen LogP) is 3.71. The van der Waals surface area contributed by atoms with Gasteiger partial charge in [0.1, 0.15) is 11.5 Å². The van der Waals surface area contributed by atoms with Crippen molar-refractivity contribution in [1.29, 1.82) is 0 Å². The SMILES string of the molecule is CCn1ncc(Br)c1C(=O)Nc1ccc(Cl)cc1F. The molecule has 2 aromatic rings. The average molecular weight is 347 g/mol. The fourth-order valence-corrected chi connectivity index (χ4v) is 2.24. The van der Waals surface area contributed by atoms with Gasteiger partial charge in [0.2, 0.25) is 0 Å². The highest BCUT2D eigenvalue weighted by atomic mass is 79.9. The Hall–Kier alpha value is -1.40. The number of benzene rings is 1. The first kappa shape index (κ1) is 14.0. The van der Waals surface area contributed by atoms with Crippen molar-refractivity contribution in [2.45, 2.75) is 13.5 Å². The topological polar surface area (TPSA) is 46.9 Å². The normalized spacial score (nSPS) is 10.5. The van der Waals surface area contributed by atoms with Crippen LogP contribution in [-0.2, 0) is 6.54 Å². The molecule has 0 saturated heterocycles. The fourth-order valence-electron chi connectivity index (χ4n) is 1.60. The van der Waals surface area contributed by atoms with Gasteiger partial charge in [-0.1, -0.05) is 11.6 Å². The van der Waals surface area contributed by atoms with Gasteiger partial charge in [-0.25, -0.2) is 4.39 Å². The van der Waals surface area contributed by atoms with Crippen LogP contribution >= 0.6 is 27.5 Å². The molecule has 1 amide bonds. The van der Waals surface area contributed by atoms with Crippen molar-refractivity contribution in [1.82, 2.24) is 9.78 Å². The first-order valence-corrected chi connectivity index (χ1v) is 6.67. The number of rotatable bonds is 3. The molecule has 4 nitrogen and oxygen atoms in total. The Morgan fingerprint density at radius 1 is 1.58 bits per heavy atom. The molecule has 0 bridgehead atoms. The van der Waals surface area contributed by atoms with E-state index in [1.807, 2.05) is 6.92 Å². The maximum absolute atomic E-state index is 13.6. The first-order chi connectivity index (χ1) is 9.02. The van der Waals surface area contributed by atoms with Crippen molar-refractivity contribution < 1.29 is 9.18 Å². The quantitative estimate of drug-likeness (QED) is 0.921. The number of carbonyl (C=O) groups is 1. The summed E-state index contributed by atoms with van der Waals surface area (Å²) < 4.78 is 15.7. The number of nitrogens with zero attached hydrogens (tertiary/aromatic N) is 2. The van der Waals surface area contributed by atoms with Crippen LogP contribution in [0, 0.1) is 5.82 Å². The summed E-state index contributed by atoms with van der Waals surface area (Å²) in [6.45, 7) is 2.40. The smallest absolute Gasteiger partial charge is 0.275 e. The molecule has 0 fully saturated rings. The zero-order valence-electron chi connectivity index (χ0n) is 9.95. The standard InChI is InChI=1S/C12H10BrClFN3O/c1-2-18-11(8(13)6-16-18)12(19)17-10-4-3-7(14)5-9(10)15/h3-6H,2H2,1H3,(H,17,19). The van der Waals surface area contributed by atoms with E-state index < -0.39 is 11.7 Å². The average Bonchev–Trinajstić information content (AvgIpc) is 2.74. The number of carbonyl (C=O) groups excluding carboxylic acids is 1. The molecule has 0 atom stereocenters. The van der Waals surface area contributed by atoms with Crippen LogP contribution in [0.25, 0.3) is 0 Å². The Bertz CT molecular complexity index is 629. The number of aryl methyl sites for hydroxylation is 1. The van der Waals surface area contributed by atoms with Crippen LogP contribution in [0.4, 0.5) is 10.1 Å². The lowest BCUT2D eigenvalue weighted by Crippen LogP contribution is -2.18. The van der Waals surface area contributed by atoms with E-state index in [-0.39, 0.29) is 10.7 Å². The second kappa shape index (κ2) is 5.71. The number of halogens is 3. The summed E-state index contributed by atoms with van der Waals surface area (Å²) in [5.41, 5.74) is 0.419. The maximum atomic E-state index is 13.6. The minimum absolute atomic E-state index is 0.0742. The Balaban J connectivity index is 2.28. The number of anilines is 1. The van der Waals surface area contributed by atoms with Crippen LogP contribution in [0.1, 0.15) is 17.4 Å². The Morgan fingerprint density at radius 2 is 2.32 bits per heavy atom. The van der Waals surface area contributed by atoms with Crippen molar-refractivity contribution in [3.63, 3.8) is 0 Å². The molecule has 7 heteroatoms. The van der Waals surface area contributed by atoms with Crippen LogP contribution in [0.5, 0.6) is 0 Å². The summed E-state index contributed by atoms with van der Waals surface area (Å²) in [5.74, 6) is -1.02. The number of aromatic nitrogens is 2. The molecule has 0 saturated carbocycles. The predicted molar refractivity (Wildman–Crippen MR) is 75.0 cm³/mol. The molecule has 1 aromatic heterocycles. The summed E-state index contributed by atoms with van der Waals surface area (Å²) in [5, 5.41) is 6.79. The molecular formula is C12H10BrClFN3O. The van der Waals surface area contributed by atoms with Gasteiger partial charge in [-0.3, -0.25) is 9.48 Å². The molecule has 1 heterocycles. The number of hydrogen-bond donors (Lipinski definition) is 1. The van der Waals surface area contributed by atoms with Crippen LogP contribution in [0.15, 0.2) is 28.9 Å². The van der Waals surface area contributed by atoms with Crippen LogP contribution < -0.4 is 5.32 Å². The molecule has 1 N–H and O–H groups in total. The molecule has 100 valence electrons.